The molecular weight excluding hydrogens is 238 g/mol. The number of hydrogen-bond donors (Lipinski definition) is 1. The Morgan fingerprint density at radius 3 is 2.42 bits per heavy atom. The molecule has 1 N–H and O–H groups in total. The fraction of sp³-hybridized carbons (Fsp3) is 0.733. The first-order chi connectivity index (χ1) is 8.93. The first-order valence-electron chi connectivity index (χ1n) is 7.02. The lowest BCUT2D eigenvalue weighted by Crippen LogP contribution is -2.21. The van der Waals surface area contributed by atoms with Crippen molar-refractivity contribution >= 4 is 0 Å². The lowest BCUT2D eigenvalue weighted by Gasteiger charge is -2.19. The molecule has 1 rings (SSSR count). The summed E-state index contributed by atoms with van der Waals surface area (Å²) in [6, 6.07) is 2.03. The van der Waals surface area contributed by atoms with E-state index in [1.54, 1.807) is 7.11 Å². The molecule has 1 atom stereocenters. The predicted octanol–water partition coefficient (Wildman–Crippen LogP) is 2.87. The van der Waals surface area contributed by atoms with Gasteiger partial charge < -0.3 is 10.1 Å². The highest BCUT2D eigenvalue weighted by atomic mass is 16.5. The third-order valence-electron chi connectivity index (χ3n) is 2.90. The van der Waals surface area contributed by atoms with Crippen LogP contribution in [0.3, 0.4) is 0 Å². The van der Waals surface area contributed by atoms with Crippen LogP contribution in [0.2, 0.25) is 0 Å². The van der Waals surface area contributed by atoms with Gasteiger partial charge in [0.05, 0.1) is 5.69 Å². The van der Waals surface area contributed by atoms with E-state index in [2.05, 4.69) is 43.0 Å². The van der Waals surface area contributed by atoms with Crippen LogP contribution in [0, 0.1) is 18.8 Å². The summed E-state index contributed by atoms with van der Waals surface area (Å²) in [6.07, 6.45) is -0.0382. The monoisotopic (exact) mass is 265 g/mol. The van der Waals surface area contributed by atoms with E-state index in [0.29, 0.717) is 11.8 Å². The van der Waals surface area contributed by atoms with Gasteiger partial charge in [-0.2, -0.15) is 0 Å². The van der Waals surface area contributed by atoms with Crippen LogP contribution in [-0.4, -0.2) is 23.6 Å². The number of rotatable bonds is 7. The van der Waals surface area contributed by atoms with E-state index in [1.807, 2.05) is 13.0 Å². The second-order valence-electron chi connectivity index (χ2n) is 5.78. The standard InChI is InChI=1S/C15H27N3O/c1-10(2)8-16-9-13-7-12(5)17-15(18-13)14(19-6)11(3)4/h7,10-11,14,16H,8-9H2,1-6H3. The van der Waals surface area contributed by atoms with Crippen molar-refractivity contribution in [3.05, 3.63) is 23.3 Å². The highest BCUT2D eigenvalue weighted by Gasteiger charge is 2.18. The molecule has 1 aromatic rings. The Morgan fingerprint density at radius 1 is 1.21 bits per heavy atom. The third-order valence-corrected chi connectivity index (χ3v) is 2.90. The van der Waals surface area contributed by atoms with Gasteiger partial charge in [0, 0.05) is 19.3 Å². The number of nitrogens with one attached hydrogen (secondary N) is 1. The second kappa shape index (κ2) is 7.56. The van der Waals surface area contributed by atoms with Crippen LogP contribution in [0.5, 0.6) is 0 Å². The van der Waals surface area contributed by atoms with Crippen molar-refractivity contribution in [1.29, 1.82) is 0 Å². The molecule has 0 saturated heterocycles. The lowest BCUT2D eigenvalue weighted by atomic mass is 10.1. The van der Waals surface area contributed by atoms with Gasteiger partial charge in [0.25, 0.3) is 0 Å². The average molecular weight is 265 g/mol. The molecule has 4 heteroatoms. The Hall–Kier alpha value is -1.00. The van der Waals surface area contributed by atoms with Crippen LogP contribution in [0.1, 0.15) is 51.0 Å². The van der Waals surface area contributed by atoms with E-state index in [0.717, 1.165) is 30.3 Å². The maximum atomic E-state index is 5.51. The van der Waals surface area contributed by atoms with Crippen LogP contribution in [0.4, 0.5) is 0 Å². The molecule has 0 aliphatic rings. The average Bonchev–Trinajstić information content (AvgIpc) is 2.28. The van der Waals surface area contributed by atoms with Gasteiger partial charge >= 0.3 is 0 Å². The number of ether oxygens (including phenoxy) is 1. The minimum absolute atomic E-state index is 0.0382. The van der Waals surface area contributed by atoms with Crippen molar-refractivity contribution < 1.29 is 4.74 Å². The second-order valence-corrected chi connectivity index (χ2v) is 5.78. The smallest absolute Gasteiger partial charge is 0.157 e. The Labute approximate surface area is 117 Å². The summed E-state index contributed by atoms with van der Waals surface area (Å²) in [5, 5.41) is 3.41. The van der Waals surface area contributed by atoms with Crippen molar-refractivity contribution in [2.45, 2.75) is 47.3 Å². The Kier molecular flexibility index (Phi) is 6.38. The van der Waals surface area contributed by atoms with Gasteiger partial charge in [-0.05, 0) is 31.4 Å². The lowest BCUT2D eigenvalue weighted by molar-refractivity contribution is 0.0571. The molecule has 1 aromatic heterocycles. The van der Waals surface area contributed by atoms with Crippen LogP contribution in [0.25, 0.3) is 0 Å². The van der Waals surface area contributed by atoms with Gasteiger partial charge in [0.1, 0.15) is 6.10 Å². The molecule has 0 radical (unpaired) electrons. The van der Waals surface area contributed by atoms with Gasteiger partial charge in [-0.3, -0.25) is 0 Å². The molecule has 4 nitrogen and oxygen atoms in total. The van der Waals surface area contributed by atoms with Gasteiger partial charge in [-0.15, -0.1) is 0 Å². The summed E-state index contributed by atoms with van der Waals surface area (Å²) in [4.78, 5) is 9.13. The minimum Gasteiger partial charge on any atom is -0.373 e. The largest absolute Gasteiger partial charge is 0.373 e. The van der Waals surface area contributed by atoms with E-state index < -0.39 is 0 Å². The molecule has 0 spiro atoms. The molecule has 0 saturated carbocycles. The highest BCUT2D eigenvalue weighted by molar-refractivity contribution is 5.11. The molecule has 0 fully saturated rings. The van der Waals surface area contributed by atoms with Crippen LogP contribution < -0.4 is 5.32 Å². The molecular formula is C15H27N3O. The van der Waals surface area contributed by atoms with Crippen molar-refractivity contribution in [2.24, 2.45) is 11.8 Å². The molecule has 19 heavy (non-hydrogen) atoms. The Bertz CT molecular complexity index is 391. The third kappa shape index (κ3) is 5.25. The summed E-state index contributed by atoms with van der Waals surface area (Å²) in [6.45, 7) is 12.4. The van der Waals surface area contributed by atoms with Gasteiger partial charge in [0.15, 0.2) is 5.82 Å². The molecule has 1 unspecified atom stereocenters. The molecule has 108 valence electrons. The van der Waals surface area contributed by atoms with Crippen molar-refractivity contribution in [3.63, 3.8) is 0 Å². The fourth-order valence-corrected chi connectivity index (χ4v) is 2.04. The zero-order chi connectivity index (χ0) is 14.4. The zero-order valence-corrected chi connectivity index (χ0v) is 13.0. The first-order valence-corrected chi connectivity index (χ1v) is 7.02. The minimum atomic E-state index is -0.0382. The van der Waals surface area contributed by atoms with Gasteiger partial charge in [-0.25, -0.2) is 9.97 Å². The summed E-state index contributed by atoms with van der Waals surface area (Å²) in [5.74, 6) is 1.80. The molecule has 1 heterocycles. The topological polar surface area (TPSA) is 47.0 Å². The van der Waals surface area contributed by atoms with E-state index in [-0.39, 0.29) is 6.10 Å². The van der Waals surface area contributed by atoms with Crippen LogP contribution in [0.15, 0.2) is 6.07 Å². The summed E-state index contributed by atoms with van der Waals surface area (Å²) in [7, 11) is 1.72. The number of nitrogens with zero attached hydrogens (tertiary/aromatic N) is 2. The quantitative estimate of drug-likeness (QED) is 0.823. The van der Waals surface area contributed by atoms with Crippen molar-refractivity contribution in [2.75, 3.05) is 13.7 Å². The number of aromatic nitrogens is 2. The molecule has 0 aliphatic carbocycles. The molecule has 0 aliphatic heterocycles. The zero-order valence-electron chi connectivity index (χ0n) is 13.0. The SMILES string of the molecule is COC(c1nc(C)cc(CNCC(C)C)n1)C(C)C. The summed E-state index contributed by atoms with van der Waals surface area (Å²) >= 11 is 0. The van der Waals surface area contributed by atoms with Gasteiger partial charge in [0.2, 0.25) is 0 Å². The van der Waals surface area contributed by atoms with E-state index in [9.17, 15) is 0 Å². The van der Waals surface area contributed by atoms with Crippen molar-refractivity contribution in [3.8, 4) is 0 Å². The van der Waals surface area contributed by atoms with E-state index in [4.69, 9.17) is 4.74 Å². The van der Waals surface area contributed by atoms with Crippen LogP contribution >= 0.6 is 0 Å². The molecule has 0 bridgehead atoms. The normalized spacial score (nSPS) is 13.3. The number of methoxy groups -OCH3 is 1. The molecule has 0 aromatic carbocycles. The first kappa shape index (κ1) is 16.1. The fourth-order valence-electron chi connectivity index (χ4n) is 2.04. The summed E-state index contributed by atoms with van der Waals surface area (Å²) in [5.41, 5.74) is 2.03. The highest BCUT2D eigenvalue weighted by Crippen LogP contribution is 2.22. The van der Waals surface area contributed by atoms with Crippen LogP contribution in [-0.2, 0) is 11.3 Å². The maximum Gasteiger partial charge on any atom is 0.157 e. The number of hydrogen-bond acceptors (Lipinski definition) is 4. The summed E-state index contributed by atoms with van der Waals surface area (Å²) < 4.78 is 5.51. The Balaban J connectivity index is 2.81. The predicted molar refractivity (Wildman–Crippen MR) is 77.9 cm³/mol. The van der Waals surface area contributed by atoms with E-state index >= 15 is 0 Å². The maximum absolute atomic E-state index is 5.51. The van der Waals surface area contributed by atoms with E-state index in [1.165, 1.54) is 0 Å². The molecule has 0 amide bonds. The Morgan fingerprint density at radius 2 is 1.89 bits per heavy atom. The number of aryl methyl sites for hydroxylation is 1. The van der Waals surface area contributed by atoms with Gasteiger partial charge in [-0.1, -0.05) is 27.7 Å². The van der Waals surface area contributed by atoms with Crippen molar-refractivity contribution in [1.82, 2.24) is 15.3 Å².